The molecule has 0 aliphatic heterocycles. The topological polar surface area (TPSA) is 26.9 Å². The average Bonchev–Trinajstić information content (AvgIpc) is 3.90. The lowest BCUT2D eigenvalue weighted by molar-refractivity contribution is 0.592. The molecule has 2 aromatic heterocycles. The Hall–Kier alpha value is -7.75. The van der Waals surface area contributed by atoms with E-state index in [1.54, 1.807) is 0 Å². The summed E-state index contributed by atoms with van der Waals surface area (Å²) < 4.78 is 20.3. The van der Waals surface area contributed by atoms with Gasteiger partial charge >= 0.3 is 0 Å². The Labute approximate surface area is 379 Å². The molecule has 0 saturated heterocycles. The molecule has 10 aromatic carbocycles. The van der Waals surface area contributed by atoms with Gasteiger partial charge in [0.25, 0.3) is 0 Å². The number of hydrogen-bond donors (Lipinski definition) is 0. The van der Waals surface area contributed by atoms with Crippen LogP contribution in [0.5, 0.6) is 0 Å². The fourth-order valence-corrected chi connectivity index (χ4v) is 17.8. The highest BCUT2D eigenvalue weighted by molar-refractivity contribution is 7.85. The van der Waals surface area contributed by atoms with Crippen molar-refractivity contribution < 1.29 is 4.57 Å². The summed E-state index contributed by atoms with van der Waals surface area (Å²) in [5.74, 6) is 0. The van der Waals surface area contributed by atoms with Crippen LogP contribution in [0.2, 0.25) is 0 Å². The Morgan fingerprint density at radius 1 is 0.277 bits per heavy atom. The number of rotatable bonds is 9. The van der Waals surface area contributed by atoms with Gasteiger partial charge in [0.05, 0.1) is 22.1 Å². The van der Waals surface area contributed by atoms with Gasteiger partial charge in [-0.2, -0.15) is 0 Å². The fourth-order valence-electron chi connectivity index (χ4n) is 10.5. The molecule has 0 radical (unpaired) electrons. The molecule has 0 spiro atoms. The van der Waals surface area contributed by atoms with Crippen LogP contribution in [0.1, 0.15) is 0 Å². The van der Waals surface area contributed by atoms with E-state index < -0.39 is 15.2 Å². The van der Waals surface area contributed by atoms with Crippen LogP contribution in [0.4, 0.5) is 0 Å². The lowest BCUT2D eigenvalue weighted by atomic mass is 10.1. The molecule has 12 aromatic rings. The summed E-state index contributed by atoms with van der Waals surface area (Å²) >= 11 is 0. The molecular weight excluding hydrogens is 824 g/mol. The van der Waals surface area contributed by atoms with Gasteiger partial charge in [-0.3, -0.25) is 0 Å². The van der Waals surface area contributed by atoms with Gasteiger partial charge in [0.1, 0.15) is 0 Å². The maximum absolute atomic E-state index is 15.5. The van der Waals surface area contributed by atoms with E-state index in [1.807, 2.05) is 60.7 Å². The first-order valence-electron chi connectivity index (χ1n) is 22.2. The van der Waals surface area contributed by atoms with Crippen molar-refractivity contribution in [2.45, 2.75) is 0 Å². The van der Waals surface area contributed by atoms with Crippen LogP contribution in [0.25, 0.3) is 55.0 Å². The third-order valence-electron chi connectivity index (χ3n) is 13.4. The second-order valence-corrected chi connectivity index (χ2v) is 23.4. The Kier molecular flexibility index (Phi) is 9.45. The van der Waals surface area contributed by atoms with Gasteiger partial charge in [-0.15, -0.1) is 0 Å². The highest BCUT2D eigenvalue weighted by Crippen LogP contribution is 2.42. The standard InChI is InChI=1S/C60H43N2OPSi/c63-64(46-19-5-1-6-20-46,47-21-7-2-8-22-47)48-36-40-52(41-37-48)65(49-23-9-3-10-24-49,50-25-11-4-12-26-50)51-38-33-44(34-39-51)61-59-32-18-15-29-55(59)56-43-45(35-42-60(56)61)62-57-30-16-13-27-53(57)54-28-14-17-31-58(54)62/h1-43H. The van der Waals surface area contributed by atoms with Crippen molar-refractivity contribution >= 4 is 95.5 Å². The first-order chi connectivity index (χ1) is 32.1. The zero-order valence-electron chi connectivity index (χ0n) is 35.6. The van der Waals surface area contributed by atoms with Gasteiger partial charge < -0.3 is 13.7 Å². The molecular formula is C60H43N2OPSi. The van der Waals surface area contributed by atoms with Crippen molar-refractivity contribution in [3.05, 3.63) is 261 Å². The van der Waals surface area contributed by atoms with Crippen LogP contribution >= 0.6 is 7.14 Å². The van der Waals surface area contributed by atoms with E-state index in [2.05, 4.69) is 209 Å². The molecule has 2 heterocycles. The van der Waals surface area contributed by atoms with Gasteiger partial charge in [0.15, 0.2) is 15.2 Å². The average molecular weight is 867 g/mol. The first-order valence-corrected chi connectivity index (χ1v) is 25.9. The maximum Gasteiger partial charge on any atom is 0.179 e. The number of para-hydroxylation sites is 3. The van der Waals surface area contributed by atoms with Gasteiger partial charge in [-0.05, 0) is 69.3 Å². The molecule has 0 atom stereocenters. The molecule has 0 aliphatic carbocycles. The summed E-state index contributed by atoms with van der Waals surface area (Å²) in [5, 5.41) is 12.5. The van der Waals surface area contributed by atoms with Crippen LogP contribution in [-0.4, -0.2) is 17.2 Å². The van der Waals surface area contributed by atoms with E-state index in [0.29, 0.717) is 0 Å². The highest BCUT2D eigenvalue weighted by atomic mass is 31.2. The van der Waals surface area contributed by atoms with Gasteiger partial charge in [0.2, 0.25) is 0 Å². The molecule has 0 bridgehead atoms. The number of benzene rings is 10. The monoisotopic (exact) mass is 866 g/mol. The summed E-state index contributed by atoms with van der Waals surface area (Å²) in [5.41, 5.74) is 6.98. The minimum absolute atomic E-state index is 0.825. The smallest absolute Gasteiger partial charge is 0.179 e. The molecule has 0 N–H and O–H groups in total. The molecule has 0 aliphatic rings. The van der Waals surface area contributed by atoms with Crippen LogP contribution < -0.4 is 36.7 Å². The molecule has 0 amide bonds. The zero-order chi connectivity index (χ0) is 43.4. The Morgan fingerprint density at radius 2 is 0.600 bits per heavy atom. The van der Waals surface area contributed by atoms with Crippen LogP contribution in [0.15, 0.2) is 261 Å². The van der Waals surface area contributed by atoms with Crippen molar-refractivity contribution in [1.82, 2.24) is 9.13 Å². The SMILES string of the molecule is O=P(c1ccccc1)(c1ccccc1)c1ccc([Si](c2ccccc2)(c2ccccc2)c2ccc(-n3c4ccccc4c4cc(-n5c6ccccc6c6ccccc65)ccc43)cc2)cc1. The summed E-state index contributed by atoms with van der Waals surface area (Å²) in [6.07, 6.45) is 0. The summed E-state index contributed by atoms with van der Waals surface area (Å²) in [6.45, 7) is 0. The fraction of sp³-hybridized carbons (Fsp3) is 0. The maximum atomic E-state index is 15.5. The number of aromatic nitrogens is 2. The zero-order valence-corrected chi connectivity index (χ0v) is 37.5. The molecule has 0 saturated carbocycles. The second kappa shape index (κ2) is 15.8. The first kappa shape index (κ1) is 38.9. The Bertz CT molecular complexity index is 3580. The van der Waals surface area contributed by atoms with Gasteiger partial charge in [-0.25, -0.2) is 0 Å². The van der Waals surface area contributed by atoms with E-state index in [1.165, 1.54) is 58.8 Å². The van der Waals surface area contributed by atoms with Crippen molar-refractivity contribution in [3.63, 3.8) is 0 Å². The van der Waals surface area contributed by atoms with Crippen LogP contribution in [0.3, 0.4) is 0 Å². The van der Waals surface area contributed by atoms with Crippen LogP contribution in [0, 0.1) is 0 Å². The molecule has 3 nitrogen and oxygen atoms in total. The lowest BCUT2D eigenvalue weighted by Gasteiger charge is -2.35. The third-order valence-corrected chi connectivity index (χ3v) is 21.2. The van der Waals surface area contributed by atoms with E-state index in [4.69, 9.17) is 0 Å². The summed E-state index contributed by atoms with van der Waals surface area (Å²) in [7, 11) is -6.11. The van der Waals surface area contributed by atoms with Crippen molar-refractivity contribution in [2.24, 2.45) is 0 Å². The summed E-state index contributed by atoms with van der Waals surface area (Å²) in [4.78, 5) is 0. The molecule has 12 rings (SSSR count). The largest absolute Gasteiger partial charge is 0.309 e. The highest BCUT2D eigenvalue weighted by Gasteiger charge is 2.42. The second-order valence-electron chi connectivity index (χ2n) is 16.8. The van der Waals surface area contributed by atoms with Crippen molar-refractivity contribution in [3.8, 4) is 11.4 Å². The van der Waals surface area contributed by atoms with E-state index in [9.17, 15) is 0 Å². The molecule has 0 fully saturated rings. The normalized spacial score (nSPS) is 12.1. The lowest BCUT2D eigenvalue weighted by Crippen LogP contribution is -2.74. The quantitative estimate of drug-likeness (QED) is 0.0807. The van der Waals surface area contributed by atoms with Crippen LogP contribution in [-0.2, 0) is 4.57 Å². The minimum atomic E-state index is -3.17. The molecule has 308 valence electrons. The van der Waals surface area contributed by atoms with Crippen molar-refractivity contribution in [1.29, 1.82) is 0 Å². The van der Waals surface area contributed by atoms with Crippen molar-refractivity contribution in [2.75, 3.05) is 0 Å². The Morgan fingerprint density at radius 3 is 1.08 bits per heavy atom. The molecule has 65 heavy (non-hydrogen) atoms. The molecule has 0 unspecified atom stereocenters. The number of fused-ring (bicyclic) bond motifs is 6. The number of hydrogen-bond acceptors (Lipinski definition) is 1. The Balaban J connectivity index is 1.03. The van der Waals surface area contributed by atoms with E-state index in [-0.39, 0.29) is 0 Å². The predicted molar refractivity (Wildman–Crippen MR) is 278 cm³/mol. The number of nitrogens with zero attached hydrogens (tertiary/aromatic N) is 2. The predicted octanol–water partition coefficient (Wildman–Crippen LogP) is 10.9. The summed E-state index contributed by atoms with van der Waals surface area (Å²) in [6, 6.07) is 93.1. The van der Waals surface area contributed by atoms with E-state index >= 15 is 4.57 Å². The third kappa shape index (κ3) is 6.14. The van der Waals surface area contributed by atoms with E-state index in [0.717, 1.165) is 32.8 Å². The minimum Gasteiger partial charge on any atom is -0.309 e. The van der Waals surface area contributed by atoms with Gasteiger partial charge in [-0.1, -0.05) is 212 Å². The van der Waals surface area contributed by atoms with Gasteiger partial charge in [0, 0.05) is 48.8 Å². The molecule has 5 heteroatoms.